The van der Waals surface area contributed by atoms with E-state index in [0.717, 1.165) is 50.4 Å². The van der Waals surface area contributed by atoms with Crippen molar-refractivity contribution in [2.24, 2.45) is 7.05 Å². The maximum Gasteiger partial charge on any atom is 0.237 e. The van der Waals surface area contributed by atoms with Gasteiger partial charge in [-0.25, -0.2) is 0 Å². The van der Waals surface area contributed by atoms with Crippen LogP contribution in [0.5, 0.6) is 0 Å². The lowest BCUT2D eigenvalue weighted by molar-refractivity contribution is -0.133. The molecule has 1 aliphatic carbocycles. The van der Waals surface area contributed by atoms with Crippen LogP contribution in [0.25, 0.3) is 0 Å². The zero-order valence-corrected chi connectivity index (χ0v) is 18.2. The summed E-state index contributed by atoms with van der Waals surface area (Å²) in [5.74, 6) is 0.263. The average molecular weight is 396 g/mol. The predicted octanol–water partition coefficient (Wildman–Crippen LogP) is 2.66. The van der Waals surface area contributed by atoms with Crippen molar-refractivity contribution in [3.05, 3.63) is 46.8 Å². The lowest BCUT2D eigenvalue weighted by Gasteiger charge is -2.36. The molecule has 1 aromatic carbocycles. The number of hydrogen-bond donors (Lipinski definition) is 0. The molecular formula is C23H33N5O. The van der Waals surface area contributed by atoms with Crippen LogP contribution in [0.2, 0.25) is 0 Å². The van der Waals surface area contributed by atoms with Crippen molar-refractivity contribution in [2.75, 3.05) is 37.6 Å². The molecule has 156 valence electrons. The second kappa shape index (κ2) is 8.19. The van der Waals surface area contributed by atoms with Gasteiger partial charge in [0.1, 0.15) is 0 Å². The fraction of sp³-hybridized carbons (Fsp3) is 0.565. The second-order valence-corrected chi connectivity index (χ2v) is 8.63. The van der Waals surface area contributed by atoms with E-state index in [4.69, 9.17) is 0 Å². The van der Waals surface area contributed by atoms with Gasteiger partial charge in [0.05, 0.1) is 12.2 Å². The van der Waals surface area contributed by atoms with Gasteiger partial charge in [0, 0.05) is 62.8 Å². The first-order valence-corrected chi connectivity index (χ1v) is 10.7. The first-order chi connectivity index (χ1) is 13.9. The molecule has 29 heavy (non-hydrogen) atoms. The summed E-state index contributed by atoms with van der Waals surface area (Å²) in [7, 11) is 1.98. The van der Waals surface area contributed by atoms with Crippen LogP contribution in [-0.4, -0.2) is 64.3 Å². The van der Waals surface area contributed by atoms with Crippen molar-refractivity contribution in [3.8, 4) is 0 Å². The quantitative estimate of drug-likeness (QED) is 0.754. The summed E-state index contributed by atoms with van der Waals surface area (Å²) in [6.07, 6.45) is 2.26. The maximum atomic E-state index is 13.2. The molecular weight excluding hydrogens is 362 g/mol. The minimum atomic E-state index is 0.263. The van der Waals surface area contributed by atoms with E-state index in [-0.39, 0.29) is 5.91 Å². The summed E-state index contributed by atoms with van der Waals surface area (Å²) >= 11 is 0. The van der Waals surface area contributed by atoms with Crippen LogP contribution in [-0.2, 0) is 18.4 Å². The molecule has 4 rings (SSSR count). The number of nitrogens with zero attached hydrogens (tertiary/aromatic N) is 5. The molecule has 1 amide bonds. The first kappa shape index (κ1) is 20.0. The van der Waals surface area contributed by atoms with Crippen LogP contribution in [0.15, 0.2) is 24.3 Å². The van der Waals surface area contributed by atoms with E-state index >= 15 is 0 Å². The summed E-state index contributed by atoms with van der Waals surface area (Å²) < 4.78 is 1.92. The zero-order valence-electron chi connectivity index (χ0n) is 18.2. The Bertz CT molecular complexity index is 877. The molecule has 0 bridgehead atoms. The van der Waals surface area contributed by atoms with Crippen molar-refractivity contribution in [1.82, 2.24) is 19.6 Å². The van der Waals surface area contributed by atoms with Gasteiger partial charge in [-0.3, -0.25) is 14.4 Å². The molecule has 2 fully saturated rings. The third kappa shape index (κ3) is 4.47. The molecule has 1 saturated heterocycles. The van der Waals surface area contributed by atoms with Gasteiger partial charge in [-0.1, -0.05) is 12.1 Å². The van der Waals surface area contributed by atoms with Crippen molar-refractivity contribution in [1.29, 1.82) is 0 Å². The van der Waals surface area contributed by atoms with E-state index in [1.165, 1.54) is 16.8 Å². The number of amides is 1. The summed E-state index contributed by atoms with van der Waals surface area (Å²) in [6, 6.07) is 9.10. The molecule has 0 unspecified atom stereocenters. The number of carbonyl (C=O) groups is 1. The molecule has 0 spiro atoms. The number of piperazine rings is 1. The van der Waals surface area contributed by atoms with Crippen molar-refractivity contribution in [3.63, 3.8) is 0 Å². The molecule has 6 heteroatoms. The van der Waals surface area contributed by atoms with Crippen LogP contribution in [0.3, 0.4) is 0 Å². The SMILES string of the molecule is Cc1cccc(N2CCN(CC(=O)N(Cc3c(C)nn(C)c3C)C3CC3)CC2)c1. The highest BCUT2D eigenvalue weighted by Gasteiger charge is 2.34. The molecule has 1 aliphatic heterocycles. The van der Waals surface area contributed by atoms with Crippen LogP contribution in [0.4, 0.5) is 5.69 Å². The van der Waals surface area contributed by atoms with Gasteiger partial charge in [-0.2, -0.15) is 5.10 Å². The molecule has 2 aliphatic rings. The number of aryl methyl sites for hydroxylation is 3. The second-order valence-electron chi connectivity index (χ2n) is 8.63. The van der Waals surface area contributed by atoms with Crippen molar-refractivity contribution >= 4 is 11.6 Å². The summed E-state index contributed by atoms with van der Waals surface area (Å²) in [5.41, 5.74) is 5.99. The Balaban J connectivity index is 1.35. The van der Waals surface area contributed by atoms with Gasteiger partial charge in [0.15, 0.2) is 0 Å². The van der Waals surface area contributed by atoms with Gasteiger partial charge in [0.2, 0.25) is 5.91 Å². The number of hydrogen-bond acceptors (Lipinski definition) is 4. The molecule has 2 heterocycles. The number of carbonyl (C=O) groups excluding carboxylic acids is 1. The predicted molar refractivity (Wildman–Crippen MR) is 116 cm³/mol. The Morgan fingerprint density at radius 2 is 1.86 bits per heavy atom. The molecule has 0 N–H and O–H groups in total. The Morgan fingerprint density at radius 3 is 2.45 bits per heavy atom. The van der Waals surface area contributed by atoms with Gasteiger partial charge in [0.25, 0.3) is 0 Å². The summed E-state index contributed by atoms with van der Waals surface area (Å²) in [4.78, 5) is 20.0. The largest absolute Gasteiger partial charge is 0.369 e. The molecule has 2 aromatic rings. The number of anilines is 1. The van der Waals surface area contributed by atoms with Gasteiger partial charge >= 0.3 is 0 Å². The Hall–Kier alpha value is -2.34. The Labute approximate surface area is 174 Å². The van der Waals surface area contributed by atoms with E-state index in [1.54, 1.807) is 0 Å². The lowest BCUT2D eigenvalue weighted by Crippen LogP contribution is -2.50. The highest BCUT2D eigenvalue weighted by molar-refractivity contribution is 5.79. The molecule has 0 atom stereocenters. The third-order valence-corrected chi connectivity index (χ3v) is 6.39. The van der Waals surface area contributed by atoms with Gasteiger partial charge < -0.3 is 9.80 Å². The van der Waals surface area contributed by atoms with Gasteiger partial charge in [-0.05, 0) is 51.3 Å². The lowest BCUT2D eigenvalue weighted by atomic mass is 10.1. The molecule has 1 saturated carbocycles. The standard InChI is InChI=1S/C23H33N5O/c1-17-6-5-7-21(14-17)27-12-10-26(11-13-27)16-23(29)28(20-8-9-20)15-22-18(2)24-25(4)19(22)3/h5-7,14,20H,8-13,15-16H2,1-4H3. The minimum absolute atomic E-state index is 0.263. The first-order valence-electron chi connectivity index (χ1n) is 10.7. The van der Waals surface area contributed by atoms with Crippen LogP contribution in [0, 0.1) is 20.8 Å². The van der Waals surface area contributed by atoms with E-state index in [2.05, 4.69) is 57.9 Å². The van der Waals surface area contributed by atoms with Crippen LogP contribution < -0.4 is 4.90 Å². The Kier molecular flexibility index (Phi) is 5.63. The fourth-order valence-electron chi connectivity index (χ4n) is 4.29. The molecule has 1 aromatic heterocycles. The van der Waals surface area contributed by atoms with Crippen LogP contribution >= 0.6 is 0 Å². The van der Waals surface area contributed by atoms with Crippen molar-refractivity contribution < 1.29 is 4.79 Å². The monoisotopic (exact) mass is 395 g/mol. The normalized spacial score (nSPS) is 17.6. The van der Waals surface area contributed by atoms with Crippen molar-refractivity contribution in [2.45, 2.75) is 46.2 Å². The topological polar surface area (TPSA) is 44.6 Å². The molecule has 0 radical (unpaired) electrons. The molecule has 6 nitrogen and oxygen atoms in total. The number of rotatable bonds is 6. The summed E-state index contributed by atoms with van der Waals surface area (Å²) in [6.45, 7) is 11.3. The Morgan fingerprint density at radius 1 is 1.14 bits per heavy atom. The minimum Gasteiger partial charge on any atom is -0.369 e. The number of aromatic nitrogens is 2. The van der Waals surface area contributed by atoms with Crippen LogP contribution in [0.1, 0.15) is 35.4 Å². The van der Waals surface area contributed by atoms with E-state index in [9.17, 15) is 4.79 Å². The highest BCUT2D eigenvalue weighted by atomic mass is 16.2. The third-order valence-electron chi connectivity index (χ3n) is 6.39. The zero-order chi connectivity index (χ0) is 20.5. The summed E-state index contributed by atoms with van der Waals surface area (Å²) in [5, 5.41) is 4.52. The highest BCUT2D eigenvalue weighted by Crippen LogP contribution is 2.30. The maximum absolute atomic E-state index is 13.2. The smallest absolute Gasteiger partial charge is 0.237 e. The average Bonchev–Trinajstić information content (AvgIpc) is 3.50. The van der Waals surface area contributed by atoms with E-state index in [1.807, 2.05) is 18.7 Å². The van der Waals surface area contributed by atoms with E-state index in [0.29, 0.717) is 19.1 Å². The van der Waals surface area contributed by atoms with E-state index < -0.39 is 0 Å². The number of benzene rings is 1. The van der Waals surface area contributed by atoms with Gasteiger partial charge in [-0.15, -0.1) is 0 Å². The fourth-order valence-corrected chi connectivity index (χ4v) is 4.29.